The lowest BCUT2D eigenvalue weighted by Crippen LogP contribution is -2.48. The van der Waals surface area contributed by atoms with Crippen LogP contribution in [0.25, 0.3) is 0 Å². The zero-order valence-corrected chi connectivity index (χ0v) is 15.3. The first-order chi connectivity index (χ1) is 12.6. The van der Waals surface area contributed by atoms with Gasteiger partial charge in [-0.3, -0.25) is 14.7 Å². The number of hydrogen-bond acceptors (Lipinski definition) is 5. The van der Waals surface area contributed by atoms with E-state index in [0.29, 0.717) is 17.3 Å². The van der Waals surface area contributed by atoms with E-state index in [4.69, 9.17) is 0 Å². The molecule has 1 atom stereocenters. The maximum absolute atomic E-state index is 12.7. The van der Waals surface area contributed by atoms with Gasteiger partial charge in [0.1, 0.15) is 0 Å². The van der Waals surface area contributed by atoms with Gasteiger partial charge in [0.2, 0.25) is 0 Å². The number of nitrogens with zero attached hydrogens (tertiary/aromatic N) is 4. The molecule has 5 nitrogen and oxygen atoms in total. The smallest absolute Gasteiger partial charge is 0.186 e. The highest BCUT2D eigenvalue weighted by molar-refractivity contribution is 6.02. The van der Waals surface area contributed by atoms with Crippen LogP contribution >= 0.6 is 0 Å². The Morgan fingerprint density at radius 2 is 1.77 bits per heavy atom. The number of hydrogen-bond donors (Lipinski definition) is 0. The lowest BCUT2D eigenvalue weighted by Gasteiger charge is -2.38. The summed E-state index contributed by atoms with van der Waals surface area (Å²) in [5, 5.41) is 9.42. The van der Waals surface area contributed by atoms with Gasteiger partial charge in [0, 0.05) is 49.7 Å². The van der Waals surface area contributed by atoms with Gasteiger partial charge < -0.3 is 4.90 Å². The molecule has 26 heavy (non-hydrogen) atoms. The fourth-order valence-electron chi connectivity index (χ4n) is 3.31. The van der Waals surface area contributed by atoms with Crippen LogP contribution in [0.2, 0.25) is 0 Å². The number of anilines is 1. The highest BCUT2D eigenvalue weighted by Crippen LogP contribution is 2.22. The summed E-state index contributed by atoms with van der Waals surface area (Å²) in [4.78, 5) is 21.7. The molecule has 3 rings (SSSR count). The first-order valence-electron chi connectivity index (χ1n) is 9.04. The van der Waals surface area contributed by atoms with Crippen LogP contribution in [0.15, 0.2) is 48.7 Å². The zero-order chi connectivity index (χ0) is 18.5. The van der Waals surface area contributed by atoms with E-state index in [-0.39, 0.29) is 5.78 Å². The Balaban J connectivity index is 1.70. The molecule has 2 aromatic rings. The van der Waals surface area contributed by atoms with Gasteiger partial charge in [-0.05, 0) is 50.2 Å². The van der Waals surface area contributed by atoms with Gasteiger partial charge in [-0.15, -0.1) is 0 Å². The summed E-state index contributed by atoms with van der Waals surface area (Å²) in [6.07, 6.45) is 1.60. The van der Waals surface area contributed by atoms with Gasteiger partial charge in [0.25, 0.3) is 0 Å². The molecular weight excluding hydrogens is 324 g/mol. The standard InChI is InChI=1S/C21H24N4O/c1-16(2)24-11-13-25(14-12-24)18-8-6-17(7-9-18)21(26)19(15-22)20-5-3-4-10-23-20/h3-10,16,19H,11-14H2,1-2H3. The molecule has 0 aliphatic carbocycles. The van der Waals surface area contributed by atoms with E-state index in [2.05, 4.69) is 34.7 Å². The highest BCUT2D eigenvalue weighted by atomic mass is 16.1. The van der Waals surface area contributed by atoms with E-state index in [1.807, 2.05) is 24.3 Å². The Morgan fingerprint density at radius 3 is 2.31 bits per heavy atom. The third kappa shape index (κ3) is 3.92. The van der Waals surface area contributed by atoms with E-state index in [1.54, 1.807) is 24.4 Å². The normalized spacial score (nSPS) is 16.3. The summed E-state index contributed by atoms with van der Waals surface area (Å²) < 4.78 is 0. The molecule has 0 amide bonds. The first-order valence-corrected chi connectivity index (χ1v) is 9.04. The summed E-state index contributed by atoms with van der Waals surface area (Å²) in [5.41, 5.74) is 2.16. The van der Waals surface area contributed by atoms with Crippen LogP contribution < -0.4 is 4.90 Å². The van der Waals surface area contributed by atoms with Crippen LogP contribution in [-0.4, -0.2) is 47.9 Å². The Hall–Kier alpha value is -2.71. The average molecular weight is 348 g/mol. The van der Waals surface area contributed by atoms with Crippen molar-refractivity contribution < 1.29 is 4.79 Å². The SMILES string of the molecule is CC(C)N1CCN(c2ccc(C(=O)C(C#N)c3ccccn3)cc2)CC1. The number of pyridine rings is 1. The molecule has 0 spiro atoms. The molecule has 0 saturated carbocycles. The number of ketones is 1. The minimum absolute atomic E-state index is 0.206. The van der Waals surface area contributed by atoms with E-state index in [1.165, 1.54) is 0 Å². The summed E-state index contributed by atoms with van der Waals surface area (Å²) in [6, 6.07) is 15.5. The molecule has 1 aliphatic rings. The number of carbonyl (C=O) groups excluding carboxylic acids is 1. The van der Waals surface area contributed by atoms with E-state index < -0.39 is 5.92 Å². The lowest BCUT2D eigenvalue weighted by atomic mass is 9.95. The van der Waals surface area contributed by atoms with E-state index in [9.17, 15) is 10.1 Å². The number of Topliss-reactive ketones (excluding diaryl/α,β-unsaturated/α-hetero) is 1. The second-order valence-electron chi connectivity index (χ2n) is 6.84. The number of piperazine rings is 1. The molecule has 1 aromatic heterocycles. The monoisotopic (exact) mass is 348 g/mol. The Bertz CT molecular complexity index is 772. The second-order valence-corrected chi connectivity index (χ2v) is 6.84. The van der Waals surface area contributed by atoms with Crippen molar-refractivity contribution in [2.75, 3.05) is 31.1 Å². The third-order valence-corrected chi connectivity index (χ3v) is 4.94. The van der Waals surface area contributed by atoms with Gasteiger partial charge in [0.15, 0.2) is 11.7 Å². The van der Waals surface area contributed by atoms with Crippen molar-refractivity contribution in [1.82, 2.24) is 9.88 Å². The summed E-state index contributed by atoms with van der Waals surface area (Å²) in [5.74, 6) is -1.07. The molecule has 1 aliphatic heterocycles. The minimum atomic E-state index is -0.864. The third-order valence-electron chi connectivity index (χ3n) is 4.94. The molecule has 134 valence electrons. The number of aromatic nitrogens is 1. The molecular formula is C21H24N4O. The average Bonchev–Trinajstić information content (AvgIpc) is 2.69. The molecule has 2 heterocycles. The molecule has 0 radical (unpaired) electrons. The van der Waals surface area contributed by atoms with Crippen molar-refractivity contribution in [1.29, 1.82) is 5.26 Å². The van der Waals surface area contributed by atoms with Gasteiger partial charge >= 0.3 is 0 Å². The topological polar surface area (TPSA) is 60.2 Å². The maximum atomic E-state index is 12.7. The van der Waals surface area contributed by atoms with Crippen LogP contribution in [-0.2, 0) is 0 Å². The molecule has 1 unspecified atom stereocenters. The van der Waals surface area contributed by atoms with Crippen molar-refractivity contribution in [2.45, 2.75) is 25.8 Å². The summed E-state index contributed by atoms with van der Waals surface area (Å²) in [7, 11) is 0. The fourth-order valence-corrected chi connectivity index (χ4v) is 3.31. The predicted octanol–water partition coefficient (Wildman–Crippen LogP) is 3.10. The van der Waals surface area contributed by atoms with Crippen LogP contribution in [0, 0.1) is 11.3 Å². The van der Waals surface area contributed by atoms with Crippen molar-refractivity contribution >= 4 is 11.5 Å². The van der Waals surface area contributed by atoms with Crippen molar-refractivity contribution in [3.8, 4) is 6.07 Å². The van der Waals surface area contributed by atoms with Crippen molar-refractivity contribution in [3.63, 3.8) is 0 Å². The number of benzene rings is 1. The zero-order valence-electron chi connectivity index (χ0n) is 15.3. The van der Waals surface area contributed by atoms with Gasteiger partial charge in [-0.25, -0.2) is 0 Å². The Kier molecular flexibility index (Phi) is 5.65. The van der Waals surface area contributed by atoms with Crippen LogP contribution in [0.3, 0.4) is 0 Å². The highest BCUT2D eigenvalue weighted by Gasteiger charge is 2.23. The second kappa shape index (κ2) is 8.11. The van der Waals surface area contributed by atoms with Crippen molar-refractivity contribution in [3.05, 3.63) is 59.9 Å². The van der Waals surface area contributed by atoms with Crippen LogP contribution in [0.1, 0.15) is 35.8 Å². The minimum Gasteiger partial charge on any atom is -0.369 e. The molecule has 5 heteroatoms. The van der Waals surface area contributed by atoms with Gasteiger partial charge in [-0.2, -0.15) is 5.26 Å². The maximum Gasteiger partial charge on any atom is 0.186 e. The Labute approximate surface area is 154 Å². The first kappa shape index (κ1) is 18.1. The number of nitriles is 1. The van der Waals surface area contributed by atoms with Gasteiger partial charge in [0.05, 0.1) is 11.8 Å². The Morgan fingerprint density at radius 1 is 1.08 bits per heavy atom. The van der Waals surface area contributed by atoms with E-state index in [0.717, 1.165) is 31.9 Å². The van der Waals surface area contributed by atoms with Gasteiger partial charge in [-0.1, -0.05) is 6.07 Å². The molecule has 1 saturated heterocycles. The number of carbonyl (C=O) groups is 1. The fraction of sp³-hybridized carbons (Fsp3) is 0.381. The molecule has 0 N–H and O–H groups in total. The predicted molar refractivity (Wildman–Crippen MR) is 102 cm³/mol. The number of rotatable bonds is 5. The van der Waals surface area contributed by atoms with E-state index >= 15 is 0 Å². The van der Waals surface area contributed by atoms with Crippen molar-refractivity contribution in [2.24, 2.45) is 0 Å². The summed E-state index contributed by atoms with van der Waals surface area (Å²) in [6.45, 7) is 8.52. The molecule has 0 bridgehead atoms. The quantitative estimate of drug-likeness (QED) is 0.777. The summed E-state index contributed by atoms with van der Waals surface area (Å²) >= 11 is 0. The van der Waals surface area contributed by atoms with Crippen LogP contribution in [0.5, 0.6) is 0 Å². The molecule has 1 fully saturated rings. The largest absolute Gasteiger partial charge is 0.369 e. The molecule has 1 aromatic carbocycles. The lowest BCUT2D eigenvalue weighted by molar-refractivity contribution is 0.0977. The van der Waals surface area contributed by atoms with Crippen LogP contribution in [0.4, 0.5) is 5.69 Å².